The third-order valence-electron chi connectivity index (χ3n) is 7.28. The van der Waals surface area contributed by atoms with Crippen molar-refractivity contribution in [3.05, 3.63) is 71.3 Å². The molecular formula is C35H53N3O4. The quantitative estimate of drug-likeness (QED) is 0.249. The summed E-state index contributed by atoms with van der Waals surface area (Å²) in [5, 5.41) is 6.04. The molecule has 0 saturated carbocycles. The van der Waals surface area contributed by atoms with Gasteiger partial charge in [-0.2, -0.15) is 0 Å². The summed E-state index contributed by atoms with van der Waals surface area (Å²) < 4.78 is 5.57. The van der Waals surface area contributed by atoms with Gasteiger partial charge in [-0.05, 0) is 83.4 Å². The van der Waals surface area contributed by atoms with Gasteiger partial charge < -0.3 is 20.3 Å². The first-order valence-corrected chi connectivity index (χ1v) is 15.4. The third-order valence-corrected chi connectivity index (χ3v) is 7.28. The Morgan fingerprint density at radius 3 is 2.05 bits per heavy atom. The van der Waals surface area contributed by atoms with E-state index in [0.717, 1.165) is 36.0 Å². The molecule has 0 spiro atoms. The van der Waals surface area contributed by atoms with Crippen LogP contribution >= 0.6 is 0 Å². The topological polar surface area (TPSA) is 87.7 Å². The fourth-order valence-electron chi connectivity index (χ4n) is 5.13. The van der Waals surface area contributed by atoms with Gasteiger partial charge in [0.1, 0.15) is 17.7 Å². The summed E-state index contributed by atoms with van der Waals surface area (Å²) in [5.74, 6) is -0.0991. The predicted molar refractivity (Wildman–Crippen MR) is 170 cm³/mol. The Labute approximate surface area is 253 Å². The fourth-order valence-corrected chi connectivity index (χ4v) is 5.13. The number of nitrogens with one attached hydrogen (secondary N) is 2. The number of carbonyl (C=O) groups is 3. The molecule has 0 heterocycles. The van der Waals surface area contributed by atoms with Gasteiger partial charge in [0.05, 0.1) is 0 Å². The van der Waals surface area contributed by atoms with Gasteiger partial charge in [0, 0.05) is 18.5 Å². The normalized spacial score (nSPS) is 14.4. The minimum absolute atomic E-state index is 0.0445. The van der Waals surface area contributed by atoms with Gasteiger partial charge in [-0.3, -0.25) is 9.59 Å². The number of nitrogens with zero attached hydrogens (tertiary/aromatic N) is 1. The summed E-state index contributed by atoms with van der Waals surface area (Å²) in [6.45, 7) is 17.7. The largest absolute Gasteiger partial charge is 0.444 e. The Morgan fingerprint density at radius 2 is 1.48 bits per heavy atom. The van der Waals surface area contributed by atoms with Crippen LogP contribution < -0.4 is 10.6 Å². The van der Waals surface area contributed by atoms with Crippen LogP contribution in [0.5, 0.6) is 0 Å². The zero-order valence-corrected chi connectivity index (χ0v) is 27.2. The predicted octanol–water partition coefficient (Wildman–Crippen LogP) is 7.13. The van der Waals surface area contributed by atoms with E-state index in [1.807, 2.05) is 75.4 Å². The van der Waals surface area contributed by atoms with Crippen LogP contribution in [0.2, 0.25) is 0 Å². The van der Waals surface area contributed by atoms with Gasteiger partial charge in [-0.25, -0.2) is 4.79 Å². The second-order valence-electron chi connectivity index (χ2n) is 12.9. The summed E-state index contributed by atoms with van der Waals surface area (Å²) in [7, 11) is 0. The molecule has 2 aromatic rings. The van der Waals surface area contributed by atoms with Crippen molar-refractivity contribution in [1.29, 1.82) is 0 Å². The Morgan fingerprint density at radius 1 is 0.857 bits per heavy atom. The molecule has 0 aliphatic rings. The van der Waals surface area contributed by atoms with Crippen molar-refractivity contribution < 1.29 is 19.1 Å². The van der Waals surface area contributed by atoms with E-state index < -0.39 is 23.8 Å². The number of aryl methyl sites for hydroxylation is 1. The van der Waals surface area contributed by atoms with Gasteiger partial charge in [0.25, 0.3) is 0 Å². The van der Waals surface area contributed by atoms with Gasteiger partial charge in [-0.1, -0.05) is 81.8 Å². The Bertz CT molecular complexity index is 1140. The second-order valence-corrected chi connectivity index (χ2v) is 12.9. The molecule has 7 nitrogen and oxygen atoms in total. The molecule has 0 bridgehead atoms. The van der Waals surface area contributed by atoms with Crippen LogP contribution in [-0.2, 0) is 20.7 Å². The molecular weight excluding hydrogens is 526 g/mol. The molecule has 0 aliphatic heterocycles. The average molecular weight is 580 g/mol. The van der Waals surface area contributed by atoms with E-state index in [1.54, 1.807) is 25.7 Å². The Balaban J connectivity index is 2.65. The number of hydrogen-bond donors (Lipinski definition) is 2. The van der Waals surface area contributed by atoms with E-state index in [2.05, 4.69) is 31.4 Å². The molecule has 2 rings (SSSR count). The smallest absolute Gasteiger partial charge is 0.408 e. The lowest BCUT2D eigenvalue weighted by Crippen LogP contribution is -2.56. The summed E-state index contributed by atoms with van der Waals surface area (Å²) in [4.78, 5) is 43.6. The second kappa shape index (κ2) is 16.3. The lowest BCUT2D eigenvalue weighted by Gasteiger charge is -2.39. The van der Waals surface area contributed by atoms with Crippen LogP contribution in [0.25, 0.3) is 0 Å². The van der Waals surface area contributed by atoms with Crippen LogP contribution in [-0.4, -0.2) is 46.5 Å². The van der Waals surface area contributed by atoms with Crippen molar-refractivity contribution in [3.8, 4) is 0 Å². The van der Waals surface area contributed by atoms with Gasteiger partial charge in [-0.15, -0.1) is 0 Å². The summed E-state index contributed by atoms with van der Waals surface area (Å²) in [5.41, 5.74) is 1.87. The average Bonchev–Trinajstić information content (AvgIpc) is 2.89. The third kappa shape index (κ3) is 11.1. The molecule has 4 atom stereocenters. The van der Waals surface area contributed by atoms with Crippen molar-refractivity contribution in [2.75, 3.05) is 0 Å². The van der Waals surface area contributed by atoms with Crippen LogP contribution in [0.3, 0.4) is 0 Å². The Kier molecular flexibility index (Phi) is 13.5. The minimum Gasteiger partial charge on any atom is -0.444 e. The number of carbonyl (C=O) groups excluding carboxylic acids is 3. The zero-order valence-electron chi connectivity index (χ0n) is 27.2. The standard InChI is InChI=1S/C35H53N3O4/c1-10-16-26(5)36-32(39)31(29-20-15-14-17-25(29)4)38(27(6)22-21-24(2)3)33(40)30(23-28-18-12-11-13-19-28)37-34(41)42-35(7,8)9/h11-15,17-20,24,26-27,30-31H,10,16,21-23H2,1-9H3,(H,36,39)(H,37,41). The molecule has 0 aliphatic carbocycles. The molecule has 232 valence electrons. The van der Waals surface area contributed by atoms with Crippen LogP contribution in [0.15, 0.2) is 54.6 Å². The highest BCUT2D eigenvalue weighted by Crippen LogP contribution is 2.30. The van der Waals surface area contributed by atoms with Crippen molar-refractivity contribution in [3.63, 3.8) is 0 Å². The minimum atomic E-state index is -0.934. The summed E-state index contributed by atoms with van der Waals surface area (Å²) >= 11 is 0. The van der Waals surface area contributed by atoms with Crippen LogP contribution in [0.4, 0.5) is 4.79 Å². The first-order valence-electron chi connectivity index (χ1n) is 15.4. The molecule has 3 amide bonds. The molecule has 7 heteroatoms. The molecule has 0 radical (unpaired) electrons. The van der Waals surface area contributed by atoms with E-state index in [-0.39, 0.29) is 30.3 Å². The van der Waals surface area contributed by atoms with Gasteiger partial charge >= 0.3 is 6.09 Å². The summed E-state index contributed by atoms with van der Waals surface area (Å²) in [6.07, 6.45) is 2.97. The first kappa shape index (κ1) is 34.8. The zero-order chi connectivity index (χ0) is 31.4. The number of amides is 3. The van der Waals surface area contributed by atoms with E-state index >= 15 is 0 Å². The first-order chi connectivity index (χ1) is 19.7. The van der Waals surface area contributed by atoms with Crippen LogP contribution in [0.1, 0.15) is 104 Å². The lowest BCUT2D eigenvalue weighted by atomic mass is 9.93. The maximum atomic E-state index is 14.8. The molecule has 0 fully saturated rings. The van der Waals surface area contributed by atoms with E-state index in [1.165, 1.54) is 0 Å². The van der Waals surface area contributed by atoms with Crippen LogP contribution in [0, 0.1) is 12.8 Å². The number of alkyl carbamates (subject to hydrolysis) is 1. The lowest BCUT2D eigenvalue weighted by molar-refractivity contribution is -0.145. The molecule has 2 N–H and O–H groups in total. The van der Waals surface area contributed by atoms with Crippen molar-refractivity contribution in [1.82, 2.24) is 15.5 Å². The van der Waals surface area contributed by atoms with E-state index in [9.17, 15) is 14.4 Å². The number of ether oxygens (including phenoxy) is 1. The van der Waals surface area contributed by atoms with Crippen molar-refractivity contribution >= 4 is 17.9 Å². The van der Waals surface area contributed by atoms with Gasteiger partial charge in [0.15, 0.2) is 0 Å². The highest BCUT2D eigenvalue weighted by Gasteiger charge is 2.39. The SMILES string of the molecule is CCCC(C)NC(=O)C(c1ccccc1C)N(C(=O)C(Cc1ccccc1)NC(=O)OC(C)(C)C)C(C)CCC(C)C. The fraction of sp³-hybridized carbons (Fsp3) is 0.571. The molecule has 42 heavy (non-hydrogen) atoms. The van der Waals surface area contributed by atoms with Crippen molar-refractivity contribution in [2.45, 2.75) is 124 Å². The highest BCUT2D eigenvalue weighted by atomic mass is 16.6. The van der Waals surface area contributed by atoms with E-state index in [0.29, 0.717) is 12.3 Å². The van der Waals surface area contributed by atoms with E-state index in [4.69, 9.17) is 4.74 Å². The number of hydrogen-bond acceptors (Lipinski definition) is 4. The van der Waals surface area contributed by atoms with Crippen molar-refractivity contribution in [2.24, 2.45) is 5.92 Å². The monoisotopic (exact) mass is 579 g/mol. The number of benzene rings is 2. The van der Waals surface area contributed by atoms with Gasteiger partial charge in [0.2, 0.25) is 11.8 Å². The molecule has 0 saturated heterocycles. The molecule has 2 aromatic carbocycles. The number of rotatable bonds is 14. The highest BCUT2D eigenvalue weighted by molar-refractivity contribution is 5.92. The molecule has 4 unspecified atom stereocenters. The maximum absolute atomic E-state index is 14.8. The Hall–Kier alpha value is -3.35. The maximum Gasteiger partial charge on any atom is 0.408 e. The molecule has 0 aromatic heterocycles. The summed E-state index contributed by atoms with van der Waals surface area (Å²) in [6, 6.07) is 15.2.